The number of ether oxygens (including phenoxy) is 1. The van der Waals surface area contributed by atoms with Gasteiger partial charge < -0.3 is 9.57 Å². The molecule has 0 unspecified atom stereocenters. The zero-order valence-corrected chi connectivity index (χ0v) is 17.2. The second-order valence-electron chi connectivity index (χ2n) is 7.33. The fourth-order valence-electron chi connectivity index (χ4n) is 2.43. The molecule has 0 fully saturated rings. The van der Waals surface area contributed by atoms with Gasteiger partial charge in [-0.3, -0.25) is 5.32 Å². The Hall–Kier alpha value is -3.82. The van der Waals surface area contributed by atoms with E-state index in [-0.39, 0.29) is 6.61 Å². The van der Waals surface area contributed by atoms with E-state index in [4.69, 9.17) is 9.57 Å². The van der Waals surface area contributed by atoms with Crippen LogP contribution in [0, 0.1) is 6.92 Å². The number of hydrogen-bond acceptors (Lipinski definition) is 8. The van der Waals surface area contributed by atoms with Gasteiger partial charge in [0.2, 0.25) is 5.84 Å². The van der Waals surface area contributed by atoms with Crippen molar-refractivity contribution in [2.24, 2.45) is 5.16 Å². The third-order valence-electron chi connectivity index (χ3n) is 3.66. The Morgan fingerprint density at radius 2 is 1.90 bits per heavy atom. The number of anilines is 1. The Balaban J connectivity index is 1.71. The Bertz CT molecular complexity index is 1030. The van der Waals surface area contributed by atoms with Gasteiger partial charge in [-0.1, -0.05) is 41.6 Å². The molecule has 10 nitrogen and oxygen atoms in total. The number of tetrazole rings is 1. The number of rotatable bonds is 5. The number of nitrogens with zero attached hydrogens (tertiary/aromatic N) is 6. The molecule has 3 aromatic rings. The van der Waals surface area contributed by atoms with E-state index in [0.29, 0.717) is 23.2 Å². The summed E-state index contributed by atoms with van der Waals surface area (Å²) in [5, 5.41) is 18.3. The summed E-state index contributed by atoms with van der Waals surface area (Å²) in [6.07, 6.45) is -0.577. The van der Waals surface area contributed by atoms with E-state index in [2.05, 4.69) is 31.0 Å². The predicted molar refractivity (Wildman–Crippen MR) is 110 cm³/mol. The molecule has 156 valence electrons. The number of hydrogen-bond donors (Lipinski definition) is 1. The van der Waals surface area contributed by atoms with Gasteiger partial charge in [-0.05, 0) is 50.3 Å². The van der Waals surface area contributed by atoms with E-state index in [1.54, 1.807) is 45.9 Å². The van der Waals surface area contributed by atoms with E-state index in [9.17, 15) is 4.79 Å². The highest BCUT2D eigenvalue weighted by atomic mass is 16.6. The minimum absolute atomic E-state index is 0.0847. The maximum atomic E-state index is 11.9. The Kier molecular flexibility index (Phi) is 6.35. The van der Waals surface area contributed by atoms with Gasteiger partial charge in [-0.2, -0.15) is 4.68 Å². The summed E-state index contributed by atoms with van der Waals surface area (Å²) in [5.41, 5.74) is 0.774. The Morgan fingerprint density at radius 1 is 1.13 bits per heavy atom. The number of amides is 1. The van der Waals surface area contributed by atoms with Crippen LogP contribution in [0.2, 0.25) is 0 Å². The molecule has 1 amide bonds. The lowest BCUT2D eigenvalue weighted by Crippen LogP contribution is -2.27. The lowest BCUT2D eigenvalue weighted by molar-refractivity contribution is 0.0635. The van der Waals surface area contributed by atoms with Crippen molar-refractivity contribution >= 4 is 17.7 Å². The summed E-state index contributed by atoms with van der Waals surface area (Å²) in [7, 11) is 0. The molecule has 0 aliphatic rings. The molecular weight excluding hydrogens is 386 g/mol. The Morgan fingerprint density at radius 3 is 2.57 bits per heavy atom. The molecule has 0 atom stereocenters. The van der Waals surface area contributed by atoms with Crippen molar-refractivity contribution in [3.05, 3.63) is 65.6 Å². The Labute approximate surface area is 173 Å². The smallest absolute Gasteiger partial charge is 0.413 e. The predicted octanol–water partition coefficient (Wildman–Crippen LogP) is 3.15. The molecule has 10 heteroatoms. The first-order chi connectivity index (χ1) is 14.3. The van der Waals surface area contributed by atoms with Gasteiger partial charge in [0.15, 0.2) is 12.4 Å². The maximum absolute atomic E-state index is 11.9. The van der Waals surface area contributed by atoms with Crippen molar-refractivity contribution in [2.75, 3.05) is 5.32 Å². The van der Waals surface area contributed by atoms with Crippen LogP contribution in [0.1, 0.15) is 37.9 Å². The molecule has 3 rings (SSSR count). The van der Waals surface area contributed by atoms with Gasteiger partial charge in [-0.25, -0.2) is 9.78 Å². The van der Waals surface area contributed by atoms with Crippen LogP contribution in [0.25, 0.3) is 0 Å². The van der Waals surface area contributed by atoms with Crippen LogP contribution in [0.15, 0.2) is 53.7 Å². The second-order valence-corrected chi connectivity index (χ2v) is 7.33. The summed E-state index contributed by atoms with van der Waals surface area (Å²) >= 11 is 0. The summed E-state index contributed by atoms with van der Waals surface area (Å²) in [6, 6.07) is 14.6. The average Bonchev–Trinajstić information content (AvgIpc) is 3.10. The standard InChI is InChI=1S/C20H23N7O3/c1-14-23-25-26-27(14)18(15-9-6-5-7-10-15)24-29-13-16-11-8-12-17(21-16)22-19(28)30-20(2,3)4/h5-12H,13H2,1-4H3,(H,21,22,28). The largest absolute Gasteiger partial charge is 0.444 e. The fraction of sp³-hybridized carbons (Fsp3) is 0.300. The van der Waals surface area contributed by atoms with Gasteiger partial charge >= 0.3 is 6.09 Å². The van der Waals surface area contributed by atoms with E-state index >= 15 is 0 Å². The van der Waals surface area contributed by atoms with Crippen LogP contribution >= 0.6 is 0 Å². The monoisotopic (exact) mass is 409 g/mol. The summed E-state index contributed by atoms with van der Waals surface area (Å²) < 4.78 is 6.72. The minimum atomic E-state index is -0.596. The first-order valence-electron chi connectivity index (χ1n) is 9.28. The molecule has 1 N–H and O–H groups in total. The minimum Gasteiger partial charge on any atom is -0.444 e. The highest BCUT2D eigenvalue weighted by Crippen LogP contribution is 2.12. The molecule has 0 saturated carbocycles. The van der Waals surface area contributed by atoms with E-state index in [0.717, 1.165) is 5.56 Å². The number of oxime groups is 1. The van der Waals surface area contributed by atoms with Crippen LogP contribution in [0.5, 0.6) is 0 Å². The normalized spacial score (nSPS) is 11.8. The van der Waals surface area contributed by atoms with Crippen molar-refractivity contribution in [2.45, 2.75) is 39.9 Å². The van der Waals surface area contributed by atoms with Crippen molar-refractivity contribution < 1.29 is 14.4 Å². The molecule has 1 aromatic carbocycles. The topological polar surface area (TPSA) is 116 Å². The number of carbonyl (C=O) groups excluding carboxylic acids is 1. The van der Waals surface area contributed by atoms with Crippen molar-refractivity contribution in [3.8, 4) is 0 Å². The van der Waals surface area contributed by atoms with Crippen molar-refractivity contribution in [3.63, 3.8) is 0 Å². The van der Waals surface area contributed by atoms with Crippen LogP contribution in [-0.2, 0) is 16.2 Å². The van der Waals surface area contributed by atoms with Gasteiger partial charge in [0.05, 0.1) is 5.69 Å². The third kappa shape index (κ3) is 5.84. The number of aromatic nitrogens is 5. The van der Waals surface area contributed by atoms with Gasteiger partial charge in [0, 0.05) is 5.56 Å². The zero-order chi connectivity index (χ0) is 21.6. The van der Waals surface area contributed by atoms with E-state index in [1.807, 2.05) is 30.3 Å². The SMILES string of the molecule is Cc1nnnn1C(=NOCc1cccc(NC(=O)OC(C)(C)C)n1)c1ccccc1. The third-order valence-corrected chi connectivity index (χ3v) is 3.66. The molecule has 2 aromatic heterocycles. The molecule has 0 aliphatic carbocycles. The number of benzene rings is 1. The summed E-state index contributed by atoms with van der Waals surface area (Å²) in [6.45, 7) is 7.23. The van der Waals surface area contributed by atoms with Crippen LogP contribution in [0.3, 0.4) is 0 Å². The average molecular weight is 409 g/mol. The van der Waals surface area contributed by atoms with E-state index in [1.165, 1.54) is 4.68 Å². The highest BCUT2D eigenvalue weighted by Gasteiger charge is 2.17. The molecular formula is C20H23N7O3. The van der Waals surface area contributed by atoms with Gasteiger partial charge in [0.25, 0.3) is 0 Å². The van der Waals surface area contributed by atoms with Crippen molar-refractivity contribution in [1.82, 2.24) is 25.2 Å². The molecule has 0 aliphatic heterocycles. The molecule has 0 bridgehead atoms. The molecule has 30 heavy (non-hydrogen) atoms. The first kappa shape index (κ1) is 20.9. The van der Waals surface area contributed by atoms with Gasteiger partial charge in [0.1, 0.15) is 11.4 Å². The first-order valence-corrected chi connectivity index (χ1v) is 9.28. The fourth-order valence-corrected chi connectivity index (χ4v) is 2.43. The van der Waals surface area contributed by atoms with E-state index < -0.39 is 11.7 Å². The maximum Gasteiger partial charge on any atom is 0.413 e. The number of pyridine rings is 1. The number of aryl methyl sites for hydroxylation is 1. The number of carbonyl (C=O) groups is 1. The van der Waals surface area contributed by atoms with Crippen LogP contribution in [-0.4, -0.2) is 42.7 Å². The second kappa shape index (κ2) is 9.12. The summed E-state index contributed by atoms with van der Waals surface area (Å²) in [4.78, 5) is 21.8. The lowest BCUT2D eigenvalue weighted by atomic mass is 10.2. The van der Waals surface area contributed by atoms with Crippen LogP contribution < -0.4 is 5.32 Å². The quantitative estimate of drug-likeness (QED) is 0.391. The van der Waals surface area contributed by atoms with Crippen molar-refractivity contribution in [1.29, 1.82) is 0 Å². The molecule has 0 saturated heterocycles. The lowest BCUT2D eigenvalue weighted by Gasteiger charge is -2.19. The van der Waals surface area contributed by atoms with Crippen LogP contribution in [0.4, 0.5) is 10.6 Å². The summed E-state index contributed by atoms with van der Waals surface area (Å²) in [5.74, 6) is 1.37. The zero-order valence-electron chi connectivity index (χ0n) is 17.2. The molecule has 0 radical (unpaired) electrons. The number of nitrogens with one attached hydrogen (secondary N) is 1. The van der Waals surface area contributed by atoms with Gasteiger partial charge in [-0.15, -0.1) is 5.10 Å². The highest BCUT2D eigenvalue weighted by molar-refractivity contribution is 5.99. The molecule has 0 spiro atoms. The molecule has 2 heterocycles.